The average molecular weight is 466 g/mol. The Kier molecular flexibility index (Phi) is 7.92. The van der Waals surface area contributed by atoms with Crippen LogP contribution in [-0.2, 0) is 12.3 Å². The van der Waals surface area contributed by atoms with Gasteiger partial charge in [-0.15, -0.1) is 10.2 Å². The second kappa shape index (κ2) is 10.4. The van der Waals surface area contributed by atoms with Crippen molar-refractivity contribution in [3.63, 3.8) is 0 Å². The molecule has 30 heavy (non-hydrogen) atoms. The van der Waals surface area contributed by atoms with Crippen molar-refractivity contribution >= 4 is 35.0 Å². The smallest absolute Gasteiger partial charge is 0.191 e. The highest BCUT2D eigenvalue weighted by Crippen LogP contribution is 2.30. The monoisotopic (exact) mass is 465 g/mol. The number of benzene rings is 2. The lowest BCUT2D eigenvalue weighted by Crippen LogP contribution is -2.15. The van der Waals surface area contributed by atoms with Gasteiger partial charge in [0.2, 0.25) is 0 Å². The lowest BCUT2D eigenvalue weighted by atomic mass is 10.2. The van der Waals surface area contributed by atoms with Crippen LogP contribution in [0, 0.1) is 5.92 Å². The summed E-state index contributed by atoms with van der Waals surface area (Å²) in [6.45, 7) is 7.12. The number of halogens is 2. The van der Waals surface area contributed by atoms with Gasteiger partial charge in [0.05, 0.1) is 7.11 Å². The molecule has 3 rings (SSSR count). The Morgan fingerprint density at radius 1 is 1.00 bits per heavy atom. The lowest BCUT2D eigenvalue weighted by Gasteiger charge is -2.18. The van der Waals surface area contributed by atoms with E-state index in [1.807, 2.05) is 43.3 Å². The van der Waals surface area contributed by atoms with Gasteiger partial charge in [-0.05, 0) is 54.8 Å². The Bertz CT molecular complexity index is 977. The van der Waals surface area contributed by atoms with Gasteiger partial charge in [0.25, 0.3) is 0 Å². The normalized spacial score (nSPS) is 12.2. The Morgan fingerprint density at radius 2 is 1.70 bits per heavy atom. The van der Waals surface area contributed by atoms with Gasteiger partial charge in [0.15, 0.2) is 17.1 Å². The molecule has 0 aliphatic heterocycles. The Labute approximate surface area is 191 Å². The van der Waals surface area contributed by atoms with Crippen molar-refractivity contribution in [3.8, 4) is 11.5 Å². The third-order valence-corrected chi connectivity index (χ3v) is 6.00. The second-order valence-corrected chi connectivity index (χ2v) is 9.09. The minimum Gasteiger partial charge on any atom is -0.497 e. The average Bonchev–Trinajstić information content (AvgIpc) is 3.10. The molecule has 1 unspecified atom stereocenters. The summed E-state index contributed by atoms with van der Waals surface area (Å²) in [6.07, 6.45) is -0.252. The summed E-state index contributed by atoms with van der Waals surface area (Å²) in [5.74, 6) is 3.46. The van der Waals surface area contributed by atoms with Gasteiger partial charge in [-0.25, -0.2) is 0 Å². The van der Waals surface area contributed by atoms with E-state index in [-0.39, 0.29) is 6.10 Å². The molecule has 3 aromatic rings. The number of ether oxygens (including phenoxy) is 2. The van der Waals surface area contributed by atoms with Crippen LogP contribution in [0.1, 0.15) is 38.3 Å². The van der Waals surface area contributed by atoms with Gasteiger partial charge >= 0.3 is 0 Å². The van der Waals surface area contributed by atoms with E-state index in [0.29, 0.717) is 21.7 Å². The van der Waals surface area contributed by atoms with Gasteiger partial charge in [-0.2, -0.15) is 0 Å². The summed E-state index contributed by atoms with van der Waals surface area (Å²) in [5, 5.41) is 11.0. The topological polar surface area (TPSA) is 49.2 Å². The predicted molar refractivity (Wildman–Crippen MR) is 123 cm³/mol. The molecule has 0 amide bonds. The number of methoxy groups -OCH3 is 1. The zero-order valence-electron chi connectivity index (χ0n) is 17.4. The fourth-order valence-corrected chi connectivity index (χ4v) is 4.45. The third-order valence-electron chi connectivity index (χ3n) is 4.40. The van der Waals surface area contributed by atoms with Gasteiger partial charge in [0.1, 0.15) is 11.5 Å². The lowest BCUT2D eigenvalue weighted by molar-refractivity contribution is 0.207. The van der Waals surface area contributed by atoms with Crippen LogP contribution in [0.2, 0.25) is 10.0 Å². The summed E-state index contributed by atoms with van der Waals surface area (Å²) in [5.41, 5.74) is 1.01. The van der Waals surface area contributed by atoms with E-state index in [9.17, 15) is 0 Å². The minimum absolute atomic E-state index is 0.252. The number of aromatic nitrogens is 3. The molecule has 0 spiro atoms. The third kappa shape index (κ3) is 5.84. The molecule has 0 aliphatic carbocycles. The zero-order valence-corrected chi connectivity index (χ0v) is 19.8. The van der Waals surface area contributed by atoms with Crippen LogP contribution < -0.4 is 9.47 Å². The molecule has 0 fully saturated rings. The Morgan fingerprint density at radius 3 is 2.33 bits per heavy atom. The van der Waals surface area contributed by atoms with E-state index < -0.39 is 0 Å². The van der Waals surface area contributed by atoms with E-state index in [2.05, 4.69) is 28.6 Å². The van der Waals surface area contributed by atoms with Gasteiger partial charge in [-0.1, -0.05) is 54.9 Å². The van der Waals surface area contributed by atoms with Crippen LogP contribution >= 0.6 is 35.0 Å². The highest BCUT2D eigenvalue weighted by molar-refractivity contribution is 7.98. The maximum atomic E-state index is 6.32. The largest absolute Gasteiger partial charge is 0.497 e. The van der Waals surface area contributed by atoms with E-state index in [4.69, 9.17) is 32.7 Å². The molecule has 0 aliphatic rings. The predicted octanol–water partition coefficient (Wildman–Crippen LogP) is 6.68. The molecule has 0 saturated heterocycles. The van der Waals surface area contributed by atoms with Gasteiger partial charge in [0, 0.05) is 22.3 Å². The van der Waals surface area contributed by atoms with Crippen LogP contribution in [0.3, 0.4) is 0 Å². The fraction of sp³-hybridized carbons (Fsp3) is 0.364. The highest BCUT2D eigenvalue weighted by Gasteiger charge is 2.20. The SMILES string of the molecule is COc1ccc(OC(C)c2nnc(SCc3ccc(Cl)cc3Cl)n2CC(C)C)cc1. The molecule has 1 atom stereocenters. The Hall–Kier alpha value is -1.89. The summed E-state index contributed by atoms with van der Waals surface area (Å²) in [4.78, 5) is 0. The van der Waals surface area contributed by atoms with Crippen molar-refractivity contribution in [1.82, 2.24) is 14.8 Å². The number of thioether (sulfide) groups is 1. The molecule has 5 nitrogen and oxygen atoms in total. The first-order valence-corrected chi connectivity index (χ1v) is 11.4. The van der Waals surface area contributed by atoms with Crippen LogP contribution in [0.15, 0.2) is 47.6 Å². The maximum absolute atomic E-state index is 6.32. The fourth-order valence-electron chi connectivity index (χ4n) is 2.94. The molecule has 0 bridgehead atoms. The van der Waals surface area contributed by atoms with Gasteiger partial charge in [-0.3, -0.25) is 0 Å². The number of hydrogen-bond acceptors (Lipinski definition) is 5. The van der Waals surface area contributed by atoms with Crippen molar-refractivity contribution in [2.24, 2.45) is 5.92 Å². The molecular weight excluding hydrogens is 441 g/mol. The number of hydrogen-bond donors (Lipinski definition) is 0. The summed E-state index contributed by atoms with van der Waals surface area (Å²) < 4.78 is 13.4. The second-order valence-electron chi connectivity index (χ2n) is 7.31. The molecule has 1 aromatic heterocycles. The van der Waals surface area contributed by atoms with Crippen LogP contribution in [0.5, 0.6) is 11.5 Å². The van der Waals surface area contributed by atoms with Crippen molar-refractivity contribution in [1.29, 1.82) is 0 Å². The van der Waals surface area contributed by atoms with Crippen LogP contribution in [0.4, 0.5) is 0 Å². The first kappa shape index (κ1) is 22.8. The van der Waals surface area contributed by atoms with Crippen LogP contribution in [-0.4, -0.2) is 21.9 Å². The van der Waals surface area contributed by atoms with Crippen molar-refractivity contribution in [2.75, 3.05) is 7.11 Å². The molecule has 8 heteroatoms. The molecule has 160 valence electrons. The Balaban J connectivity index is 1.77. The first-order valence-electron chi connectivity index (χ1n) is 9.68. The van der Waals surface area contributed by atoms with E-state index >= 15 is 0 Å². The number of rotatable bonds is 9. The maximum Gasteiger partial charge on any atom is 0.191 e. The highest BCUT2D eigenvalue weighted by atomic mass is 35.5. The van der Waals surface area contributed by atoms with Crippen molar-refractivity contribution < 1.29 is 9.47 Å². The van der Waals surface area contributed by atoms with E-state index in [1.54, 1.807) is 24.9 Å². The molecule has 0 radical (unpaired) electrons. The summed E-state index contributed by atoms with van der Waals surface area (Å²) in [7, 11) is 1.64. The summed E-state index contributed by atoms with van der Waals surface area (Å²) in [6, 6.07) is 13.1. The van der Waals surface area contributed by atoms with E-state index in [1.165, 1.54) is 0 Å². The zero-order chi connectivity index (χ0) is 21.7. The molecule has 1 heterocycles. The minimum atomic E-state index is -0.252. The van der Waals surface area contributed by atoms with Gasteiger partial charge < -0.3 is 14.0 Å². The van der Waals surface area contributed by atoms with Crippen LogP contribution in [0.25, 0.3) is 0 Å². The van der Waals surface area contributed by atoms with Crippen molar-refractivity contribution in [3.05, 3.63) is 63.9 Å². The molecule has 0 saturated carbocycles. The summed E-state index contributed by atoms with van der Waals surface area (Å²) >= 11 is 13.9. The molecule has 0 N–H and O–H groups in total. The standard InChI is InChI=1S/C22H25Cl2N3O2S/c1-14(2)12-27-21(15(3)29-19-9-7-18(28-4)8-10-19)25-26-22(27)30-13-16-5-6-17(23)11-20(16)24/h5-11,14-15H,12-13H2,1-4H3. The number of nitrogens with zero attached hydrogens (tertiary/aromatic N) is 3. The van der Waals surface area contributed by atoms with E-state index in [0.717, 1.165) is 34.6 Å². The first-order chi connectivity index (χ1) is 14.4. The van der Waals surface area contributed by atoms with Crippen molar-refractivity contribution in [2.45, 2.75) is 44.3 Å². The molecular formula is C22H25Cl2N3O2S. The quantitative estimate of drug-likeness (QED) is 0.329. The molecule has 2 aromatic carbocycles.